The third-order valence-electron chi connectivity index (χ3n) is 5.39. The van der Waals surface area contributed by atoms with Crippen molar-refractivity contribution in [2.45, 2.75) is 26.4 Å². The molecule has 182 valence electrons. The number of ether oxygens (including phenoxy) is 1. The lowest BCUT2D eigenvalue weighted by atomic mass is 10.0. The number of nitrogens with zero attached hydrogens (tertiary/aromatic N) is 2. The molecular formula is C26H25F3N4O2. The lowest BCUT2D eigenvalue weighted by Gasteiger charge is -2.14. The zero-order chi connectivity index (χ0) is 25.0. The molecule has 4 aromatic rings. The van der Waals surface area contributed by atoms with Crippen LogP contribution in [0.2, 0.25) is 0 Å². The maximum absolute atomic E-state index is 12.7. The Morgan fingerprint density at radius 2 is 1.86 bits per heavy atom. The highest BCUT2D eigenvalue weighted by Crippen LogP contribution is 2.32. The number of alkyl halides is 3. The van der Waals surface area contributed by atoms with Gasteiger partial charge in [-0.1, -0.05) is 24.3 Å². The number of pyridine rings is 1. The van der Waals surface area contributed by atoms with Gasteiger partial charge in [0.05, 0.1) is 30.2 Å². The lowest BCUT2D eigenvalue weighted by molar-refractivity contribution is -0.131. The second-order valence-electron chi connectivity index (χ2n) is 8.02. The molecule has 0 saturated heterocycles. The van der Waals surface area contributed by atoms with Gasteiger partial charge in [0.1, 0.15) is 11.5 Å². The van der Waals surface area contributed by atoms with Crippen molar-refractivity contribution in [3.63, 3.8) is 0 Å². The standard InChI is InChI=1S/C26H25F3N4O2/c1-3-30-25(34)21-10-9-18(13-17(21)2)23-15-32-24-22(31-12-11-26(27,28)29)14-20(16-33(23)24)35-19-7-5-4-6-8-19/h4-10,13-16,31H,3,11-12H2,1-2H3,(H,30,34). The van der Waals surface area contributed by atoms with Crippen LogP contribution in [-0.4, -0.2) is 34.6 Å². The molecule has 0 aliphatic carbocycles. The van der Waals surface area contributed by atoms with Gasteiger partial charge in [0.2, 0.25) is 0 Å². The van der Waals surface area contributed by atoms with E-state index in [1.807, 2.05) is 44.2 Å². The lowest BCUT2D eigenvalue weighted by Crippen LogP contribution is -2.23. The van der Waals surface area contributed by atoms with Gasteiger partial charge in [0.15, 0.2) is 5.65 Å². The summed E-state index contributed by atoms with van der Waals surface area (Å²) >= 11 is 0. The molecule has 6 nitrogen and oxygen atoms in total. The molecule has 0 radical (unpaired) electrons. The predicted octanol–water partition coefficient (Wildman–Crippen LogP) is 6.22. The Morgan fingerprint density at radius 3 is 2.54 bits per heavy atom. The molecule has 9 heteroatoms. The minimum absolute atomic E-state index is 0.149. The first kappa shape index (κ1) is 24.1. The Labute approximate surface area is 200 Å². The van der Waals surface area contributed by atoms with Crippen LogP contribution < -0.4 is 15.4 Å². The van der Waals surface area contributed by atoms with E-state index >= 15 is 0 Å². The van der Waals surface area contributed by atoms with Crippen molar-refractivity contribution in [3.05, 3.63) is 78.1 Å². The van der Waals surface area contributed by atoms with Crippen LogP contribution in [0.4, 0.5) is 18.9 Å². The Kier molecular flexibility index (Phi) is 6.95. The van der Waals surface area contributed by atoms with Crippen molar-refractivity contribution < 1.29 is 22.7 Å². The van der Waals surface area contributed by atoms with Crippen LogP contribution in [0.15, 0.2) is 67.0 Å². The quantitative estimate of drug-likeness (QED) is 0.313. The smallest absolute Gasteiger partial charge is 0.390 e. The molecule has 0 aliphatic rings. The zero-order valence-corrected chi connectivity index (χ0v) is 19.3. The average molecular weight is 483 g/mol. The Morgan fingerprint density at radius 1 is 1.09 bits per heavy atom. The van der Waals surface area contributed by atoms with Crippen LogP contribution in [0.1, 0.15) is 29.3 Å². The number of hydrogen-bond acceptors (Lipinski definition) is 4. The highest BCUT2D eigenvalue weighted by molar-refractivity contribution is 5.96. The molecule has 0 fully saturated rings. The van der Waals surface area contributed by atoms with Gasteiger partial charge in [0.25, 0.3) is 5.91 Å². The average Bonchev–Trinajstić information content (AvgIpc) is 3.23. The van der Waals surface area contributed by atoms with Gasteiger partial charge in [-0.3, -0.25) is 9.20 Å². The molecule has 0 saturated carbocycles. The van der Waals surface area contributed by atoms with E-state index < -0.39 is 12.6 Å². The number of benzene rings is 2. The van der Waals surface area contributed by atoms with E-state index in [1.54, 1.807) is 41.1 Å². The molecule has 0 spiro atoms. The van der Waals surface area contributed by atoms with Gasteiger partial charge in [-0.25, -0.2) is 4.98 Å². The molecule has 2 aromatic carbocycles. The number of carbonyl (C=O) groups excluding carboxylic acids is 1. The van der Waals surface area contributed by atoms with E-state index in [4.69, 9.17) is 4.74 Å². The van der Waals surface area contributed by atoms with Gasteiger partial charge in [-0.2, -0.15) is 13.2 Å². The number of para-hydroxylation sites is 1. The third kappa shape index (κ3) is 5.74. The molecule has 2 aromatic heterocycles. The maximum atomic E-state index is 12.7. The van der Waals surface area contributed by atoms with Crippen molar-refractivity contribution in [3.8, 4) is 22.8 Å². The van der Waals surface area contributed by atoms with Crippen molar-refractivity contribution >= 4 is 17.2 Å². The van der Waals surface area contributed by atoms with Crippen molar-refractivity contribution in [1.29, 1.82) is 0 Å². The van der Waals surface area contributed by atoms with Crippen molar-refractivity contribution in [1.82, 2.24) is 14.7 Å². The molecule has 2 heterocycles. The third-order valence-corrected chi connectivity index (χ3v) is 5.39. The molecule has 4 rings (SSSR count). The number of anilines is 1. The van der Waals surface area contributed by atoms with Crippen LogP contribution in [-0.2, 0) is 0 Å². The number of rotatable bonds is 8. The zero-order valence-electron chi connectivity index (χ0n) is 19.3. The Hall–Kier alpha value is -4.01. The van der Waals surface area contributed by atoms with Gasteiger partial charge in [-0.05, 0) is 43.7 Å². The minimum Gasteiger partial charge on any atom is -0.456 e. The van der Waals surface area contributed by atoms with E-state index in [1.165, 1.54) is 0 Å². The molecule has 2 N–H and O–H groups in total. The summed E-state index contributed by atoms with van der Waals surface area (Å²) in [6.45, 7) is 3.94. The summed E-state index contributed by atoms with van der Waals surface area (Å²) in [5.74, 6) is 0.884. The first-order valence-electron chi connectivity index (χ1n) is 11.2. The van der Waals surface area contributed by atoms with E-state index in [0.717, 1.165) is 11.1 Å². The fourth-order valence-corrected chi connectivity index (χ4v) is 3.76. The first-order chi connectivity index (χ1) is 16.7. The Balaban J connectivity index is 1.74. The summed E-state index contributed by atoms with van der Waals surface area (Å²) in [6.07, 6.45) is -1.86. The second-order valence-corrected chi connectivity index (χ2v) is 8.02. The van der Waals surface area contributed by atoms with Crippen molar-refractivity contribution in [2.75, 3.05) is 18.4 Å². The van der Waals surface area contributed by atoms with Gasteiger partial charge >= 0.3 is 6.18 Å². The molecule has 0 aliphatic heterocycles. The van der Waals surface area contributed by atoms with Crippen LogP contribution in [0.25, 0.3) is 16.9 Å². The number of carbonyl (C=O) groups is 1. The number of amides is 1. The summed E-state index contributed by atoms with van der Waals surface area (Å²) < 4.78 is 45.9. The predicted molar refractivity (Wildman–Crippen MR) is 129 cm³/mol. The van der Waals surface area contributed by atoms with E-state index in [9.17, 15) is 18.0 Å². The fraction of sp³-hybridized carbons (Fsp3) is 0.231. The largest absolute Gasteiger partial charge is 0.456 e. The van der Waals surface area contributed by atoms with Gasteiger partial charge in [-0.15, -0.1) is 0 Å². The fourth-order valence-electron chi connectivity index (χ4n) is 3.76. The highest BCUT2D eigenvalue weighted by atomic mass is 19.4. The summed E-state index contributed by atoms with van der Waals surface area (Å²) in [6, 6.07) is 16.2. The maximum Gasteiger partial charge on any atom is 0.390 e. The first-order valence-corrected chi connectivity index (χ1v) is 11.2. The second kappa shape index (κ2) is 10.1. The summed E-state index contributed by atoms with van der Waals surface area (Å²) in [5, 5.41) is 5.64. The minimum atomic E-state index is -4.27. The molecule has 1 amide bonds. The van der Waals surface area contributed by atoms with Crippen LogP contribution >= 0.6 is 0 Å². The molecule has 0 unspecified atom stereocenters. The number of halogens is 3. The topological polar surface area (TPSA) is 67.7 Å². The molecular weight excluding hydrogens is 457 g/mol. The van der Waals surface area contributed by atoms with E-state index in [-0.39, 0.29) is 12.5 Å². The molecule has 0 bridgehead atoms. The summed E-state index contributed by atoms with van der Waals surface area (Å²) in [7, 11) is 0. The van der Waals surface area contributed by atoms with Gasteiger partial charge < -0.3 is 15.4 Å². The number of fused-ring (bicyclic) bond motifs is 1. The monoisotopic (exact) mass is 482 g/mol. The van der Waals surface area contributed by atoms with E-state index in [2.05, 4.69) is 15.6 Å². The van der Waals surface area contributed by atoms with Crippen LogP contribution in [0.3, 0.4) is 0 Å². The SMILES string of the molecule is CCNC(=O)c1ccc(-c2cnc3c(NCCC(F)(F)F)cc(Oc4ccccc4)cn23)cc1C. The van der Waals surface area contributed by atoms with Gasteiger partial charge in [0, 0.05) is 30.3 Å². The summed E-state index contributed by atoms with van der Waals surface area (Å²) in [4.78, 5) is 16.7. The Bertz CT molecular complexity index is 1330. The number of nitrogens with one attached hydrogen (secondary N) is 2. The van der Waals surface area contributed by atoms with E-state index in [0.29, 0.717) is 40.6 Å². The normalized spacial score (nSPS) is 11.5. The molecule has 0 atom stereocenters. The number of hydrogen-bond donors (Lipinski definition) is 2. The van der Waals surface area contributed by atoms with Crippen molar-refractivity contribution in [2.24, 2.45) is 0 Å². The number of aryl methyl sites for hydroxylation is 1. The highest BCUT2D eigenvalue weighted by Gasteiger charge is 2.26. The molecule has 35 heavy (non-hydrogen) atoms. The number of aromatic nitrogens is 2. The van der Waals surface area contributed by atoms with Crippen LogP contribution in [0, 0.1) is 6.92 Å². The van der Waals surface area contributed by atoms with Crippen LogP contribution in [0.5, 0.6) is 11.5 Å². The number of imidazole rings is 1. The summed E-state index contributed by atoms with van der Waals surface area (Å²) in [5.41, 5.74) is 3.78.